The Morgan fingerprint density at radius 3 is 2.74 bits per heavy atom. The van der Waals surface area contributed by atoms with Crippen LogP contribution in [-0.4, -0.2) is 58.3 Å². The van der Waals surface area contributed by atoms with E-state index in [9.17, 15) is 0 Å². The second-order valence-electron chi connectivity index (χ2n) is 8.82. The Bertz CT molecular complexity index is 1030. The van der Waals surface area contributed by atoms with Gasteiger partial charge in [-0.1, -0.05) is 26.0 Å². The molecule has 1 saturated heterocycles. The molecule has 0 amide bonds. The minimum Gasteiger partial charge on any atom is -0.497 e. The van der Waals surface area contributed by atoms with Crippen molar-refractivity contribution in [2.75, 3.05) is 39.1 Å². The molecule has 4 rings (SSSR count). The van der Waals surface area contributed by atoms with Gasteiger partial charge in [-0.2, -0.15) is 14.6 Å². The molecule has 166 valence electrons. The molecule has 2 aromatic heterocycles. The Hall–Kier alpha value is -2.71. The predicted molar refractivity (Wildman–Crippen MR) is 123 cm³/mol. The van der Waals surface area contributed by atoms with Crippen molar-refractivity contribution < 1.29 is 4.74 Å². The molecule has 0 radical (unpaired) electrons. The maximum absolute atomic E-state index is 5.38. The van der Waals surface area contributed by atoms with E-state index in [-0.39, 0.29) is 6.04 Å². The number of nitrogens with one attached hydrogen (secondary N) is 2. The molecule has 3 heterocycles. The first-order valence-corrected chi connectivity index (χ1v) is 11.0. The summed E-state index contributed by atoms with van der Waals surface area (Å²) in [4.78, 5) is 12.1. The first-order chi connectivity index (χ1) is 14.9. The average Bonchev–Trinajstić information content (AvgIpc) is 3.15. The van der Waals surface area contributed by atoms with Gasteiger partial charge in [0.2, 0.25) is 5.95 Å². The van der Waals surface area contributed by atoms with Crippen molar-refractivity contribution in [3.05, 3.63) is 47.4 Å². The number of benzene rings is 1. The predicted octanol–water partition coefficient (Wildman–Crippen LogP) is 3.08. The maximum Gasteiger partial charge on any atom is 0.228 e. The largest absolute Gasteiger partial charge is 0.497 e. The molecule has 2 N–H and O–H groups in total. The summed E-state index contributed by atoms with van der Waals surface area (Å²) in [6.07, 6.45) is 1.91. The fourth-order valence-corrected chi connectivity index (χ4v) is 3.92. The maximum atomic E-state index is 5.38. The lowest BCUT2D eigenvalue weighted by Gasteiger charge is -2.31. The number of ether oxygens (including phenoxy) is 1. The second kappa shape index (κ2) is 9.20. The zero-order valence-corrected chi connectivity index (χ0v) is 19.1. The summed E-state index contributed by atoms with van der Waals surface area (Å²) < 4.78 is 7.21. The molecule has 8 heteroatoms. The number of hydrogen-bond acceptors (Lipinski definition) is 7. The summed E-state index contributed by atoms with van der Waals surface area (Å²) in [5.74, 6) is 3.40. The molecule has 1 aliphatic heterocycles. The third kappa shape index (κ3) is 4.80. The van der Waals surface area contributed by atoms with Crippen LogP contribution in [0.3, 0.4) is 0 Å². The fraction of sp³-hybridized carbons (Fsp3) is 0.522. The summed E-state index contributed by atoms with van der Waals surface area (Å²) in [5, 5.41) is 11.5. The van der Waals surface area contributed by atoms with Crippen molar-refractivity contribution >= 4 is 11.6 Å². The van der Waals surface area contributed by atoms with Crippen LogP contribution < -0.4 is 15.4 Å². The minimum absolute atomic E-state index is 0.0338. The van der Waals surface area contributed by atoms with E-state index in [1.807, 2.05) is 28.9 Å². The Morgan fingerprint density at radius 2 is 2.06 bits per heavy atom. The lowest BCUT2D eigenvalue weighted by atomic mass is 10.0. The van der Waals surface area contributed by atoms with Gasteiger partial charge in [-0.3, -0.25) is 4.90 Å². The quantitative estimate of drug-likeness (QED) is 0.547. The normalized spacial score (nSPS) is 15.5. The molecule has 3 aromatic rings. The first-order valence-electron chi connectivity index (χ1n) is 11.0. The highest BCUT2D eigenvalue weighted by Gasteiger charge is 2.21. The summed E-state index contributed by atoms with van der Waals surface area (Å²) in [7, 11) is 3.82. The Kier molecular flexibility index (Phi) is 6.38. The molecule has 8 nitrogen and oxygen atoms in total. The monoisotopic (exact) mass is 423 g/mol. The molecule has 1 atom stereocenters. The zero-order valence-electron chi connectivity index (χ0n) is 19.1. The summed E-state index contributed by atoms with van der Waals surface area (Å²) >= 11 is 0. The van der Waals surface area contributed by atoms with Crippen LogP contribution >= 0.6 is 0 Å². The first kappa shape index (κ1) is 21.5. The van der Waals surface area contributed by atoms with Crippen molar-refractivity contribution in [2.45, 2.75) is 39.3 Å². The van der Waals surface area contributed by atoms with E-state index in [1.165, 1.54) is 0 Å². The highest BCUT2D eigenvalue weighted by atomic mass is 16.5. The molecule has 0 bridgehead atoms. The number of nitrogens with zero attached hydrogens (tertiary/aromatic N) is 5. The smallest absolute Gasteiger partial charge is 0.228 e. The SMILES string of the molecule is COc1cccc([C@H](C)Nc2nc(CN(C)CC3CNC3)nc3c(C(C)C)cnn23)c1. The van der Waals surface area contributed by atoms with Gasteiger partial charge in [0.15, 0.2) is 5.65 Å². The number of hydrogen-bond donors (Lipinski definition) is 2. The van der Waals surface area contributed by atoms with E-state index in [4.69, 9.17) is 14.7 Å². The van der Waals surface area contributed by atoms with Crippen molar-refractivity contribution in [1.82, 2.24) is 29.8 Å². The molecule has 1 fully saturated rings. The molecule has 0 unspecified atom stereocenters. The Labute approximate surface area is 184 Å². The van der Waals surface area contributed by atoms with E-state index in [0.717, 1.165) is 48.0 Å². The van der Waals surface area contributed by atoms with Gasteiger partial charge in [0.25, 0.3) is 0 Å². The molecule has 0 spiro atoms. The van der Waals surface area contributed by atoms with E-state index >= 15 is 0 Å². The van der Waals surface area contributed by atoms with Crippen LogP contribution in [0.4, 0.5) is 5.95 Å². The van der Waals surface area contributed by atoms with Gasteiger partial charge >= 0.3 is 0 Å². The summed E-state index contributed by atoms with van der Waals surface area (Å²) in [6, 6.07) is 8.12. The molecular formula is C23H33N7O. The number of aromatic nitrogens is 4. The Morgan fingerprint density at radius 1 is 1.26 bits per heavy atom. The molecular weight excluding hydrogens is 390 g/mol. The lowest BCUT2D eigenvalue weighted by Crippen LogP contribution is -2.47. The van der Waals surface area contributed by atoms with Gasteiger partial charge in [0, 0.05) is 25.2 Å². The zero-order chi connectivity index (χ0) is 22.0. The van der Waals surface area contributed by atoms with Crippen molar-refractivity contribution in [2.24, 2.45) is 5.92 Å². The Balaban J connectivity index is 1.63. The van der Waals surface area contributed by atoms with Gasteiger partial charge in [-0.05, 0) is 43.5 Å². The highest BCUT2D eigenvalue weighted by Crippen LogP contribution is 2.25. The van der Waals surface area contributed by atoms with E-state index in [2.05, 4.69) is 54.5 Å². The summed E-state index contributed by atoms with van der Waals surface area (Å²) in [6.45, 7) is 10.4. The van der Waals surface area contributed by atoms with E-state index < -0.39 is 0 Å². The van der Waals surface area contributed by atoms with E-state index in [1.54, 1.807) is 7.11 Å². The molecule has 31 heavy (non-hydrogen) atoms. The van der Waals surface area contributed by atoms with Crippen molar-refractivity contribution in [1.29, 1.82) is 0 Å². The van der Waals surface area contributed by atoms with Gasteiger partial charge in [0.05, 0.1) is 25.9 Å². The number of rotatable bonds is 9. The number of anilines is 1. The molecule has 0 saturated carbocycles. The van der Waals surface area contributed by atoms with Crippen molar-refractivity contribution in [3.63, 3.8) is 0 Å². The third-order valence-corrected chi connectivity index (χ3v) is 5.85. The van der Waals surface area contributed by atoms with Gasteiger partial charge < -0.3 is 15.4 Å². The van der Waals surface area contributed by atoms with Crippen molar-refractivity contribution in [3.8, 4) is 5.75 Å². The molecule has 1 aromatic carbocycles. The third-order valence-electron chi connectivity index (χ3n) is 5.85. The standard InChI is InChI=1S/C23H33N7O/c1-15(2)20-12-25-30-22(20)27-21(14-29(4)13-17-10-24-11-17)28-23(30)26-16(3)18-7-6-8-19(9-18)31-5/h6-9,12,15-17,24H,10-11,13-14H2,1-5H3,(H,26,27,28)/t16-/m0/s1. The highest BCUT2D eigenvalue weighted by molar-refractivity contribution is 5.52. The van der Waals surface area contributed by atoms with Gasteiger partial charge in [0.1, 0.15) is 11.6 Å². The van der Waals surface area contributed by atoms with Gasteiger partial charge in [-0.25, -0.2) is 4.98 Å². The van der Waals surface area contributed by atoms with Crippen LogP contribution in [0.15, 0.2) is 30.5 Å². The molecule has 0 aliphatic carbocycles. The molecule has 1 aliphatic rings. The minimum atomic E-state index is 0.0338. The average molecular weight is 424 g/mol. The number of methoxy groups -OCH3 is 1. The van der Waals surface area contributed by atoms with Crippen LogP contribution in [-0.2, 0) is 6.54 Å². The van der Waals surface area contributed by atoms with E-state index in [0.29, 0.717) is 24.3 Å². The lowest BCUT2D eigenvalue weighted by molar-refractivity contribution is 0.215. The van der Waals surface area contributed by atoms with Gasteiger partial charge in [-0.15, -0.1) is 0 Å². The van der Waals surface area contributed by atoms with Crippen LogP contribution in [0.2, 0.25) is 0 Å². The fourth-order valence-electron chi connectivity index (χ4n) is 3.92. The summed E-state index contributed by atoms with van der Waals surface area (Å²) in [5.41, 5.74) is 3.13. The second-order valence-corrected chi connectivity index (χ2v) is 8.82. The van der Waals surface area contributed by atoms with Crippen LogP contribution in [0.25, 0.3) is 5.65 Å². The van der Waals surface area contributed by atoms with Crippen LogP contribution in [0.1, 0.15) is 49.7 Å². The van der Waals surface area contributed by atoms with Crippen LogP contribution in [0.5, 0.6) is 5.75 Å². The van der Waals surface area contributed by atoms with Crippen LogP contribution in [0, 0.1) is 5.92 Å². The topological polar surface area (TPSA) is 79.6 Å². The number of fused-ring (bicyclic) bond motifs is 1.